The molecule has 0 bridgehead atoms. The maximum atomic E-state index is 11.8. The summed E-state index contributed by atoms with van der Waals surface area (Å²) >= 11 is 0. The lowest BCUT2D eigenvalue weighted by Gasteiger charge is -2.22. The number of fused-ring (bicyclic) bond motifs is 1. The molecule has 2 rings (SSSR count). The predicted octanol–water partition coefficient (Wildman–Crippen LogP) is 2.11. The van der Waals surface area contributed by atoms with Gasteiger partial charge in [0.25, 0.3) is 0 Å². The molecular weight excluding hydrogens is 178 g/mol. The smallest absolute Gasteiger partial charge is 0.229 e. The van der Waals surface area contributed by atoms with Crippen molar-refractivity contribution >= 4 is 5.78 Å². The monoisotopic (exact) mass is 189 g/mol. The van der Waals surface area contributed by atoms with E-state index in [2.05, 4.69) is 11.6 Å². The Hall–Kier alpha value is -1.64. The average Bonchev–Trinajstić information content (AvgIpc) is 2.16. The summed E-state index contributed by atoms with van der Waals surface area (Å²) in [4.78, 5) is 15.8. The molecule has 0 saturated heterocycles. The highest BCUT2D eigenvalue weighted by molar-refractivity contribution is 6.02. The number of nitrogens with zero attached hydrogens (tertiary/aromatic N) is 1. The number of hydrogen-bond acceptors (Lipinski definition) is 3. The van der Waals surface area contributed by atoms with Crippen molar-refractivity contribution in [3.63, 3.8) is 0 Å². The second-order valence-corrected chi connectivity index (χ2v) is 3.52. The molecule has 2 heterocycles. The van der Waals surface area contributed by atoms with Crippen LogP contribution in [0.1, 0.15) is 22.8 Å². The van der Waals surface area contributed by atoms with Gasteiger partial charge in [0.15, 0.2) is 5.78 Å². The van der Waals surface area contributed by atoms with E-state index in [1.165, 1.54) is 0 Å². The molecule has 3 heteroatoms. The third-order valence-corrected chi connectivity index (χ3v) is 2.36. The first-order valence-electron chi connectivity index (χ1n) is 4.47. The van der Waals surface area contributed by atoms with E-state index in [-0.39, 0.29) is 11.7 Å². The van der Waals surface area contributed by atoms with Crippen LogP contribution >= 0.6 is 0 Å². The second-order valence-electron chi connectivity index (χ2n) is 3.52. The molecule has 1 aliphatic heterocycles. The van der Waals surface area contributed by atoms with E-state index >= 15 is 0 Å². The average molecular weight is 189 g/mol. The van der Waals surface area contributed by atoms with Crippen LogP contribution in [0.2, 0.25) is 0 Å². The van der Waals surface area contributed by atoms with Crippen molar-refractivity contribution in [1.29, 1.82) is 0 Å². The van der Waals surface area contributed by atoms with Crippen LogP contribution in [0.25, 0.3) is 0 Å². The van der Waals surface area contributed by atoms with Gasteiger partial charge in [0.2, 0.25) is 5.88 Å². The fourth-order valence-electron chi connectivity index (χ4n) is 1.41. The lowest BCUT2D eigenvalue weighted by molar-refractivity contribution is 0.0901. The third kappa shape index (κ3) is 1.21. The Bertz CT molecular complexity index is 423. The maximum Gasteiger partial charge on any atom is 0.229 e. The normalized spacial score (nSPS) is 20.3. The van der Waals surface area contributed by atoms with E-state index in [1.54, 1.807) is 19.2 Å². The molecule has 0 spiro atoms. The number of aryl methyl sites for hydroxylation is 1. The molecule has 0 N–H and O–H groups in total. The molecule has 14 heavy (non-hydrogen) atoms. The number of Topliss-reactive ketones (excluding diaryl/α,β-unsaturated/α-hetero) is 1. The number of carbonyl (C=O) groups is 1. The van der Waals surface area contributed by atoms with E-state index in [0.717, 1.165) is 5.56 Å². The molecule has 1 aromatic rings. The molecule has 0 saturated carbocycles. The number of ketones is 1. The molecule has 0 aliphatic carbocycles. The summed E-state index contributed by atoms with van der Waals surface area (Å²) < 4.78 is 5.34. The Morgan fingerprint density at radius 1 is 1.57 bits per heavy atom. The van der Waals surface area contributed by atoms with Crippen molar-refractivity contribution < 1.29 is 9.53 Å². The summed E-state index contributed by atoms with van der Waals surface area (Å²) in [5.74, 6) is 0.612. The summed E-state index contributed by atoms with van der Waals surface area (Å²) in [6, 6.07) is 1.80. The minimum atomic E-state index is -0.272. The Kier molecular flexibility index (Phi) is 1.88. The van der Waals surface area contributed by atoms with Gasteiger partial charge >= 0.3 is 0 Å². The zero-order valence-corrected chi connectivity index (χ0v) is 8.20. The highest BCUT2D eigenvalue weighted by Crippen LogP contribution is 2.30. The van der Waals surface area contributed by atoms with Crippen LogP contribution in [0.5, 0.6) is 5.88 Å². The maximum absolute atomic E-state index is 11.8. The van der Waals surface area contributed by atoms with Gasteiger partial charge in [-0.25, -0.2) is 4.98 Å². The zero-order chi connectivity index (χ0) is 10.3. The van der Waals surface area contributed by atoms with E-state index in [4.69, 9.17) is 4.74 Å². The lowest BCUT2D eigenvalue weighted by atomic mass is 9.96. The van der Waals surface area contributed by atoms with Gasteiger partial charge < -0.3 is 4.74 Å². The Balaban J connectivity index is 2.57. The number of allylic oxidation sites excluding steroid dienone is 1. The molecule has 0 fully saturated rings. The summed E-state index contributed by atoms with van der Waals surface area (Å²) in [6.07, 6.45) is 1.68. The number of pyridine rings is 1. The molecule has 3 nitrogen and oxygen atoms in total. The first-order chi connectivity index (χ1) is 6.59. The molecule has 0 amide bonds. The van der Waals surface area contributed by atoms with Crippen molar-refractivity contribution in [3.8, 4) is 5.88 Å². The highest BCUT2D eigenvalue weighted by Gasteiger charge is 2.29. The molecule has 1 aliphatic rings. The van der Waals surface area contributed by atoms with Crippen LogP contribution < -0.4 is 4.74 Å². The number of hydrogen-bond donors (Lipinski definition) is 0. The summed E-state index contributed by atoms with van der Waals surface area (Å²) in [7, 11) is 0. The van der Waals surface area contributed by atoms with Crippen LogP contribution in [0.15, 0.2) is 24.6 Å². The first kappa shape index (κ1) is 8.94. The predicted molar refractivity (Wildman–Crippen MR) is 52.2 cm³/mol. The van der Waals surface area contributed by atoms with Gasteiger partial charge in [-0.2, -0.15) is 0 Å². The largest absolute Gasteiger partial charge is 0.443 e. The van der Waals surface area contributed by atoms with Gasteiger partial charge in [0, 0.05) is 6.20 Å². The van der Waals surface area contributed by atoms with Crippen molar-refractivity contribution in [2.45, 2.75) is 13.8 Å². The van der Waals surface area contributed by atoms with E-state index in [9.17, 15) is 4.79 Å². The summed E-state index contributed by atoms with van der Waals surface area (Å²) in [5, 5.41) is 0. The number of rotatable bonds is 0. The zero-order valence-electron chi connectivity index (χ0n) is 8.20. The molecule has 0 aromatic carbocycles. The quantitative estimate of drug-likeness (QED) is 0.627. The summed E-state index contributed by atoms with van der Waals surface area (Å²) in [6.45, 7) is 7.37. The van der Waals surface area contributed by atoms with Gasteiger partial charge in [-0.15, -0.1) is 0 Å². The minimum Gasteiger partial charge on any atom is -0.443 e. The topological polar surface area (TPSA) is 39.2 Å². The molecule has 72 valence electrons. The van der Waals surface area contributed by atoms with Gasteiger partial charge in [-0.1, -0.05) is 6.58 Å². The molecule has 0 radical (unpaired) electrons. The number of aromatic nitrogens is 1. The van der Waals surface area contributed by atoms with Crippen LogP contribution in [0.4, 0.5) is 0 Å². The number of carbonyl (C=O) groups excluding carboxylic acids is 1. The van der Waals surface area contributed by atoms with E-state index in [1.807, 2.05) is 6.92 Å². The minimum absolute atomic E-state index is 0.0347. The molecule has 1 atom stereocenters. The van der Waals surface area contributed by atoms with E-state index < -0.39 is 0 Å². The number of ether oxygens (including phenoxy) is 1. The van der Waals surface area contributed by atoms with Gasteiger partial charge in [-0.3, -0.25) is 4.79 Å². The molecular formula is C11H11NO2. The van der Waals surface area contributed by atoms with Crippen molar-refractivity contribution in [2.24, 2.45) is 5.92 Å². The summed E-state index contributed by atoms with van der Waals surface area (Å²) in [5.41, 5.74) is 1.52. The first-order valence-corrected chi connectivity index (χ1v) is 4.47. The SMILES string of the molecule is C=C1Oc2ncc(C)cc2C(=O)C1C. The molecule has 1 aromatic heterocycles. The van der Waals surface area contributed by atoms with Crippen molar-refractivity contribution in [1.82, 2.24) is 4.98 Å². The van der Waals surface area contributed by atoms with Gasteiger partial charge in [0.05, 0.1) is 11.5 Å². The lowest BCUT2D eigenvalue weighted by Crippen LogP contribution is -2.23. The highest BCUT2D eigenvalue weighted by atomic mass is 16.5. The fourth-order valence-corrected chi connectivity index (χ4v) is 1.41. The van der Waals surface area contributed by atoms with Crippen LogP contribution in [0, 0.1) is 12.8 Å². The standard InChI is InChI=1S/C11H11NO2/c1-6-4-9-10(13)7(2)8(3)14-11(9)12-5-6/h4-5,7H,3H2,1-2H3. The van der Waals surface area contributed by atoms with Gasteiger partial charge in [-0.05, 0) is 25.5 Å². The van der Waals surface area contributed by atoms with Gasteiger partial charge in [0.1, 0.15) is 5.76 Å². The van der Waals surface area contributed by atoms with Crippen LogP contribution in [-0.2, 0) is 0 Å². The van der Waals surface area contributed by atoms with Crippen LogP contribution in [-0.4, -0.2) is 10.8 Å². The molecule has 1 unspecified atom stereocenters. The Morgan fingerprint density at radius 2 is 2.29 bits per heavy atom. The third-order valence-electron chi connectivity index (χ3n) is 2.36. The Labute approximate surface area is 82.4 Å². The van der Waals surface area contributed by atoms with Crippen molar-refractivity contribution in [3.05, 3.63) is 35.7 Å². The fraction of sp³-hybridized carbons (Fsp3) is 0.273. The second kappa shape index (κ2) is 2.94. The Morgan fingerprint density at radius 3 is 3.00 bits per heavy atom. The van der Waals surface area contributed by atoms with E-state index in [0.29, 0.717) is 17.2 Å². The van der Waals surface area contributed by atoms with Crippen LogP contribution in [0.3, 0.4) is 0 Å². The van der Waals surface area contributed by atoms with Crippen molar-refractivity contribution in [2.75, 3.05) is 0 Å².